The smallest absolute Gasteiger partial charge is 0.388 e. The first-order valence-corrected chi connectivity index (χ1v) is 23.1. The Balaban J connectivity index is 1.97. The predicted molar refractivity (Wildman–Crippen MR) is 198 cm³/mol. The van der Waals surface area contributed by atoms with Gasteiger partial charge in [0.05, 0.1) is 29.7 Å². The van der Waals surface area contributed by atoms with Crippen molar-refractivity contribution in [2.75, 3.05) is 25.7 Å². The van der Waals surface area contributed by atoms with Crippen LogP contribution in [0.3, 0.4) is 0 Å². The number of carbonyl (C=O) groups excluding carboxylic acids is 1. The fraction of sp³-hybridized carbons (Fsp3) is 0.679. The Morgan fingerprint density at radius 2 is 1.85 bits per heavy atom. The zero-order valence-corrected chi connectivity index (χ0v) is 33.9. The summed E-state index contributed by atoms with van der Waals surface area (Å²) in [5.74, 6) is 5.48. The van der Waals surface area contributed by atoms with Crippen LogP contribution in [0.4, 0.5) is 5.69 Å². The van der Waals surface area contributed by atoms with E-state index >= 15 is 0 Å². The first-order chi connectivity index (χ1) is 24.6. The Kier molecular flexibility index (Phi) is 20.2. The molecule has 0 aliphatic carbocycles. The molecule has 2 rings (SSSR count). The average molecular weight is 851 g/mol. The number of rotatable bonds is 23. The van der Waals surface area contributed by atoms with Crippen LogP contribution >= 0.6 is 45.1 Å². The molecule has 6 atom stereocenters. The van der Waals surface area contributed by atoms with Crippen LogP contribution in [0, 0.1) is 21.9 Å². The van der Waals surface area contributed by atoms with Crippen LogP contribution in [0.2, 0.25) is 0 Å². The van der Waals surface area contributed by atoms with Gasteiger partial charge in [0.25, 0.3) is 5.69 Å². The van der Waals surface area contributed by atoms with Crippen LogP contribution in [0.25, 0.3) is 0 Å². The average Bonchev–Trinajstić information content (AvgIpc) is 3.31. The maximum Gasteiger partial charge on any atom is 0.490 e. The van der Waals surface area contributed by atoms with E-state index in [4.69, 9.17) is 28.5 Å². The summed E-state index contributed by atoms with van der Waals surface area (Å²) < 4.78 is 63.9. The number of aliphatic hydroxyl groups excluding tert-OH is 1. The second-order valence-electron chi connectivity index (χ2n) is 12.5. The number of ether oxygens (including phenoxy) is 3. The summed E-state index contributed by atoms with van der Waals surface area (Å²) >= 11 is 0. The molecule has 1 saturated heterocycles. The highest BCUT2D eigenvalue weighted by Gasteiger charge is 2.47. The largest absolute Gasteiger partial charge is 0.490 e. The van der Waals surface area contributed by atoms with E-state index < -0.39 is 59.3 Å². The summed E-state index contributed by atoms with van der Waals surface area (Å²) in [5.41, 5.74) is 0.859. The Labute approximate surface area is 316 Å². The number of nitrogens with zero attached hydrogens (tertiary/aromatic N) is 1. The lowest BCUT2D eigenvalue weighted by molar-refractivity contribution is -0.386. The monoisotopic (exact) mass is 850 g/mol. The molecular formula is C28H46BN2O17P3S2. The van der Waals surface area contributed by atoms with Gasteiger partial charge in [0, 0.05) is 23.8 Å². The number of phosphoric ester groups is 1. The molecule has 0 radical (unpaired) electrons. The number of phosphoric acid groups is 3. The molecule has 1 fully saturated rings. The van der Waals surface area contributed by atoms with E-state index in [0.717, 1.165) is 19.3 Å². The van der Waals surface area contributed by atoms with Gasteiger partial charge in [-0.25, -0.2) is 13.7 Å². The van der Waals surface area contributed by atoms with Gasteiger partial charge < -0.3 is 44.2 Å². The lowest BCUT2D eigenvalue weighted by Gasteiger charge is -2.23. The molecule has 1 heterocycles. The minimum absolute atomic E-state index is 0.0494. The number of nitro groups is 1. The molecule has 6 unspecified atom stereocenters. The van der Waals surface area contributed by atoms with Gasteiger partial charge in [0.1, 0.15) is 30.9 Å². The third-order valence-electron chi connectivity index (χ3n) is 6.82. The van der Waals surface area contributed by atoms with Crippen LogP contribution < -0.4 is 5.32 Å². The maximum atomic E-state index is 12.3. The second-order valence-corrected chi connectivity index (χ2v) is 20.0. The van der Waals surface area contributed by atoms with E-state index in [0.29, 0.717) is 30.5 Å². The molecule has 300 valence electrons. The van der Waals surface area contributed by atoms with Gasteiger partial charge in [-0.1, -0.05) is 74.1 Å². The first kappa shape index (κ1) is 47.8. The summed E-state index contributed by atoms with van der Waals surface area (Å²) in [6.07, 6.45) is -0.0469. The van der Waals surface area contributed by atoms with Crippen LogP contribution in [0.1, 0.15) is 64.5 Å². The molecule has 6 N–H and O–H groups in total. The number of nitro benzene ring substituents is 1. The van der Waals surface area contributed by atoms with Crippen LogP contribution in [0.5, 0.6) is 0 Å². The molecule has 1 aliphatic heterocycles. The van der Waals surface area contributed by atoms with Crippen molar-refractivity contribution in [3.05, 3.63) is 39.4 Å². The highest BCUT2D eigenvalue weighted by molar-refractivity contribution is 8.77. The van der Waals surface area contributed by atoms with Gasteiger partial charge in [-0.05, 0) is 24.5 Å². The number of benzene rings is 1. The van der Waals surface area contributed by atoms with E-state index in [9.17, 15) is 43.5 Å². The molecule has 0 saturated carbocycles. The number of nitrogens with one attached hydrogen (secondary N) is 1. The minimum atomic E-state index is -5.74. The highest BCUT2D eigenvalue weighted by atomic mass is 33.1. The standard InChI is InChI=1S/C28H46BN2O17P3S2/c1-5-6-7-9-24(32)30-14-12-20-10-11-21(22(16-20)31(34)35)17-43-15-8-13-29-27-25(33)26(44-19-52-53-28(2,3)4)23(46-27)18-45-50(39,40)48-51(41,42)47-49(36,37)38/h10-11,16,23,25-27,29,33H,5-7,9,12,14-15,17-19H2,1-4H3,(H,30,32)(H,39,40)(H,41,42)(H2,36,37,38). The zero-order valence-electron chi connectivity index (χ0n) is 29.6. The van der Waals surface area contributed by atoms with Crippen molar-refractivity contribution in [2.24, 2.45) is 0 Å². The van der Waals surface area contributed by atoms with Gasteiger partial charge in [0.2, 0.25) is 13.2 Å². The van der Waals surface area contributed by atoms with Crippen LogP contribution in [-0.2, 0) is 58.9 Å². The van der Waals surface area contributed by atoms with E-state index in [1.54, 1.807) is 12.1 Å². The third-order valence-corrected chi connectivity index (χ3v) is 13.6. The normalized spacial score (nSPS) is 21.2. The Morgan fingerprint density at radius 1 is 1.13 bits per heavy atom. The van der Waals surface area contributed by atoms with Crippen molar-refractivity contribution in [1.29, 1.82) is 0 Å². The van der Waals surface area contributed by atoms with Gasteiger partial charge in [-0.15, -0.1) is 0 Å². The molecule has 1 amide bonds. The molecule has 53 heavy (non-hydrogen) atoms. The quantitative estimate of drug-likeness (QED) is 0.0134. The summed E-state index contributed by atoms with van der Waals surface area (Å²) in [6.45, 7) is 7.23. The van der Waals surface area contributed by atoms with E-state index in [1.807, 2.05) is 27.7 Å². The van der Waals surface area contributed by atoms with Crippen LogP contribution in [-0.4, -0.2) is 97.5 Å². The molecular weight excluding hydrogens is 804 g/mol. The van der Waals surface area contributed by atoms with Gasteiger partial charge in [-0.2, -0.15) is 14.4 Å². The first-order valence-electron chi connectivity index (χ1n) is 16.2. The lowest BCUT2D eigenvalue weighted by Crippen LogP contribution is -2.38. The lowest BCUT2D eigenvalue weighted by atomic mass is 9.70. The minimum Gasteiger partial charge on any atom is -0.388 e. The number of hydrogen-bond donors (Lipinski definition) is 6. The molecule has 19 nitrogen and oxygen atoms in total. The Bertz CT molecular complexity index is 1570. The van der Waals surface area contributed by atoms with Crippen molar-refractivity contribution < 1.29 is 75.4 Å². The van der Waals surface area contributed by atoms with Crippen molar-refractivity contribution in [1.82, 2.24) is 5.32 Å². The molecule has 1 aromatic rings. The summed E-state index contributed by atoms with van der Waals surface area (Å²) in [4.78, 5) is 59.8. The zero-order chi connectivity index (χ0) is 39.9. The fourth-order valence-corrected chi connectivity index (χ4v) is 9.58. The van der Waals surface area contributed by atoms with Crippen molar-refractivity contribution in [3.63, 3.8) is 0 Å². The molecule has 0 spiro atoms. The number of unbranched alkanes of at least 4 members (excludes halogenated alkanes) is 2. The summed E-state index contributed by atoms with van der Waals surface area (Å²) in [7, 11) is -14.1. The molecule has 1 aliphatic rings. The summed E-state index contributed by atoms with van der Waals surface area (Å²) in [5, 5.41) is 25.5. The van der Waals surface area contributed by atoms with Crippen LogP contribution in [0.15, 0.2) is 18.2 Å². The third kappa shape index (κ3) is 19.9. The van der Waals surface area contributed by atoms with E-state index in [1.165, 1.54) is 27.7 Å². The van der Waals surface area contributed by atoms with E-state index in [-0.39, 0.29) is 42.8 Å². The Morgan fingerprint density at radius 3 is 2.49 bits per heavy atom. The number of aliphatic hydroxyl groups is 1. The van der Waals surface area contributed by atoms with Gasteiger partial charge in [-0.3, -0.25) is 19.4 Å². The van der Waals surface area contributed by atoms with E-state index in [2.05, 4.69) is 25.7 Å². The summed E-state index contributed by atoms with van der Waals surface area (Å²) in [6, 6.07) is 3.73. The number of hydrogen-bond acceptors (Lipinski definition) is 15. The maximum absolute atomic E-state index is 12.3. The predicted octanol–water partition coefficient (Wildman–Crippen LogP) is 3.70. The fourth-order valence-electron chi connectivity index (χ4n) is 4.56. The number of amides is 1. The van der Waals surface area contributed by atoms with Gasteiger partial charge in [0.15, 0.2) is 0 Å². The molecule has 1 aromatic carbocycles. The highest BCUT2D eigenvalue weighted by Crippen LogP contribution is 2.66. The van der Waals surface area contributed by atoms with Gasteiger partial charge >= 0.3 is 23.5 Å². The molecule has 0 bridgehead atoms. The van der Waals surface area contributed by atoms with Crippen molar-refractivity contribution in [3.8, 4) is 11.7 Å². The molecule has 25 heteroatoms. The Hall–Kier alpha value is -1.34. The topological polar surface area (TPSA) is 280 Å². The number of carbonyl (C=O) groups is 1. The second kappa shape index (κ2) is 22.4. The van der Waals surface area contributed by atoms with Crippen molar-refractivity contribution >= 4 is 63.9 Å². The SMILES string of the molecule is CCCCCC(=O)NCCc1ccc(COCC#CBC2OC(COP(=O)(O)OP(=O)(O)OP(=O)(O)O)C(OCSSC(C)(C)C)C2O)c([N+](=O)[O-])c1. The molecule has 0 aromatic heterocycles. The van der Waals surface area contributed by atoms with Crippen molar-refractivity contribution in [2.45, 2.75) is 95.5 Å².